The van der Waals surface area contributed by atoms with E-state index in [0.717, 1.165) is 11.5 Å². The number of nitrogens with one attached hydrogen (secondary N) is 1. The quantitative estimate of drug-likeness (QED) is 0.684. The summed E-state index contributed by atoms with van der Waals surface area (Å²) in [5, 5.41) is 0. The lowest BCUT2D eigenvalue weighted by atomic mass is 9.82. The van der Waals surface area contributed by atoms with Crippen molar-refractivity contribution in [3.05, 3.63) is 59.6 Å². The summed E-state index contributed by atoms with van der Waals surface area (Å²) in [4.78, 5) is 4.02. The summed E-state index contributed by atoms with van der Waals surface area (Å²) in [5.74, 6) is 3.23. The first-order valence-corrected chi connectivity index (χ1v) is 13.1. The van der Waals surface area contributed by atoms with Gasteiger partial charge in [0, 0.05) is 5.54 Å². The van der Waals surface area contributed by atoms with Crippen molar-refractivity contribution in [1.29, 1.82) is 0 Å². The van der Waals surface area contributed by atoms with Crippen molar-refractivity contribution in [2.45, 2.75) is 57.3 Å². The third-order valence-electron chi connectivity index (χ3n) is 6.10. The lowest BCUT2D eigenvalue weighted by molar-refractivity contribution is 0.206. The number of allylic oxidation sites excluding steroid dienone is 2. The molecule has 3 rings (SSSR count). The summed E-state index contributed by atoms with van der Waals surface area (Å²) >= 11 is 0. The van der Waals surface area contributed by atoms with Gasteiger partial charge in [0.25, 0.3) is 0 Å². The molecule has 1 aromatic carbocycles. The summed E-state index contributed by atoms with van der Waals surface area (Å²) in [7, 11) is 1.80. The minimum atomic E-state index is -1.68. The Hall–Kier alpha value is -1.52. The Morgan fingerprint density at radius 3 is 2.00 bits per heavy atom. The van der Waals surface area contributed by atoms with E-state index in [0.29, 0.717) is 23.3 Å². The van der Waals surface area contributed by atoms with E-state index in [2.05, 4.69) is 81.3 Å². The first kappa shape index (κ1) is 20.2. The predicted octanol–water partition coefficient (Wildman–Crippen LogP) is 5.44. The van der Waals surface area contributed by atoms with Crippen LogP contribution in [0.3, 0.4) is 0 Å². The van der Waals surface area contributed by atoms with Crippen molar-refractivity contribution in [2.75, 3.05) is 14.2 Å². The topological polar surface area (TPSA) is 30.5 Å². The summed E-state index contributed by atoms with van der Waals surface area (Å²) in [5.41, 5.74) is 2.22. The molecule has 0 radical (unpaired) electrons. The highest BCUT2D eigenvalue weighted by Gasteiger charge is 2.51. The molecule has 0 aliphatic heterocycles. The molecule has 1 N–H and O–H groups in total. The molecule has 2 aliphatic rings. The van der Waals surface area contributed by atoms with Crippen LogP contribution >= 0.6 is 0 Å². The standard InChI is InChI=1S/C23H35NO2Si/c1-23(2,3)24-27(6,7)22-15-17(16-11-9-8-10-12-16)18-13-20(25-4)21(26-5)14-19(18)22/h8-14,17-19,22,24H,15H2,1-7H3. The molecule has 0 amide bonds. The van der Waals surface area contributed by atoms with Crippen molar-refractivity contribution in [2.24, 2.45) is 11.8 Å². The van der Waals surface area contributed by atoms with E-state index in [9.17, 15) is 0 Å². The van der Waals surface area contributed by atoms with Gasteiger partial charge in [-0.3, -0.25) is 0 Å². The summed E-state index contributed by atoms with van der Waals surface area (Å²) in [6.45, 7) is 11.8. The van der Waals surface area contributed by atoms with Gasteiger partial charge < -0.3 is 14.5 Å². The first-order valence-electron chi connectivity index (χ1n) is 10.0. The van der Waals surface area contributed by atoms with Gasteiger partial charge in [0.15, 0.2) is 11.5 Å². The highest BCUT2D eigenvalue weighted by molar-refractivity contribution is 6.76. The van der Waals surface area contributed by atoms with Gasteiger partial charge in [0.05, 0.1) is 14.2 Å². The van der Waals surface area contributed by atoms with Crippen molar-refractivity contribution in [1.82, 2.24) is 4.98 Å². The largest absolute Gasteiger partial charge is 0.493 e. The van der Waals surface area contributed by atoms with E-state index in [-0.39, 0.29) is 5.54 Å². The van der Waals surface area contributed by atoms with E-state index >= 15 is 0 Å². The lowest BCUT2D eigenvalue weighted by Crippen LogP contribution is -2.57. The minimum Gasteiger partial charge on any atom is -0.493 e. The normalized spacial score (nSPS) is 28.3. The fourth-order valence-corrected chi connectivity index (χ4v) is 9.57. The number of ether oxygens (including phenoxy) is 2. The third-order valence-corrected chi connectivity index (χ3v) is 9.97. The molecule has 0 saturated heterocycles. The van der Waals surface area contributed by atoms with Gasteiger partial charge in [-0.25, -0.2) is 0 Å². The Morgan fingerprint density at radius 1 is 0.926 bits per heavy atom. The van der Waals surface area contributed by atoms with Crippen molar-refractivity contribution in [3.8, 4) is 0 Å². The van der Waals surface area contributed by atoms with Crippen LogP contribution in [0, 0.1) is 11.8 Å². The van der Waals surface area contributed by atoms with Gasteiger partial charge in [-0.1, -0.05) is 43.4 Å². The lowest BCUT2D eigenvalue weighted by Gasteiger charge is -2.40. The monoisotopic (exact) mass is 385 g/mol. The van der Waals surface area contributed by atoms with Crippen LogP contribution in [0.25, 0.3) is 0 Å². The molecular weight excluding hydrogens is 350 g/mol. The van der Waals surface area contributed by atoms with E-state index in [1.807, 2.05) is 0 Å². The van der Waals surface area contributed by atoms with Crippen LogP contribution in [0.1, 0.15) is 38.7 Å². The summed E-state index contributed by atoms with van der Waals surface area (Å²) in [6.07, 6.45) is 5.88. The molecule has 0 heterocycles. The number of benzene rings is 1. The van der Waals surface area contributed by atoms with Gasteiger partial charge >= 0.3 is 0 Å². The molecule has 4 atom stereocenters. The van der Waals surface area contributed by atoms with Crippen LogP contribution in [-0.2, 0) is 9.47 Å². The van der Waals surface area contributed by atoms with Crippen molar-refractivity contribution >= 4 is 8.24 Å². The maximum absolute atomic E-state index is 5.67. The summed E-state index contributed by atoms with van der Waals surface area (Å²) in [6, 6.07) is 11.0. The Kier molecular flexibility index (Phi) is 5.60. The first-order chi connectivity index (χ1) is 12.7. The molecule has 4 unspecified atom stereocenters. The second kappa shape index (κ2) is 7.48. The molecule has 4 heteroatoms. The van der Waals surface area contributed by atoms with Gasteiger partial charge in [0.2, 0.25) is 0 Å². The molecule has 148 valence electrons. The van der Waals surface area contributed by atoms with Gasteiger partial charge in [-0.05, 0) is 68.2 Å². The zero-order valence-corrected chi connectivity index (χ0v) is 18.9. The maximum atomic E-state index is 5.67. The predicted molar refractivity (Wildman–Crippen MR) is 115 cm³/mol. The number of methoxy groups -OCH3 is 2. The minimum absolute atomic E-state index is 0.131. The average molecular weight is 386 g/mol. The zero-order valence-electron chi connectivity index (χ0n) is 17.9. The van der Waals surface area contributed by atoms with E-state index < -0.39 is 8.24 Å². The van der Waals surface area contributed by atoms with E-state index in [1.54, 1.807) is 14.2 Å². The van der Waals surface area contributed by atoms with Crippen LogP contribution in [0.4, 0.5) is 0 Å². The van der Waals surface area contributed by atoms with Crippen molar-refractivity contribution in [3.63, 3.8) is 0 Å². The molecule has 27 heavy (non-hydrogen) atoms. The number of rotatable bonds is 5. The molecule has 1 saturated carbocycles. The van der Waals surface area contributed by atoms with Gasteiger partial charge in [-0.2, -0.15) is 0 Å². The number of hydrogen-bond donors (Lipinski definition) is 1. The average Bonchev–Trinajstić information content (AvgIpc) is 2.98. The van der Waals surface area contributed by atoms with Crippen LogP contribution in [0.15, 0.2) is 54.0 Å². The second-order valence-corrected chi connectivity index (χ2v) is 14.0. The molecule has 0 spiro atoms. The maximum Gasteiger partial charge on any atom is 0.156 e. The fraction of sp³-hybridized carbons (Fsp3) is 0.565. The third kappa shape index (κ3) is 4.17. The van der Waals surface area contributed by atoms with E-state index in [4.69, 9.17) is 9.47 Å². The Morgan fingerprint density at radius 2 is 1.48 bits per heavy atom. The van der Waals surface area contributed by atoms with E-state index in [1.165, 1.54) is 12.0 Å². The molecular formula is C23H35NO2Si. The molecule has 0 aromatic heterocycles. The highest BCUT2D eigenvalue weighted by atomic mass is 28.3. The Bertz CT molecular complexity index is 718. The molecule has 1 aromatic rings. The number of hydrogen-bond acceptors (Lipinski definition) is 3. The molecule has 2 aliphatic carbocycles. The Labute approximate surface area is 165 Å². The SMILES string of the molecule is COC1=CC2C(c3ccccc3)CC([Si](C)(C)NC(C)(C)C)C2C=C1OC. The molecule has 0 bridgehead atoms. The van der Waals surface area contributed by atoms with Crippen LogP contribution in [-0.4, -0.2) is 28.0 Å². The summed E-state index contributed by atoms with van der Waals surface area (Å²) < 4.78 is 11.3. The Balaban J connectivity index is 2.01. The van der Waals surface area contributed by atoms with Gasteiger partial charge in [-0.15, -0.1) is 0 Å². The molecule has 1 fully saturated rings. The van der Waals surface area contributed by atoms with Gasteiger partial charge in [0.1, 0.15) is 8.24 Å². The van der Waals surface area contributed by atoms with Crippen LogP contribution in [0.5, 0.6) is 0 Å². The van der Waals surface area contributed by atoms with Crippen LogP contribution in [0.2, 0.25) is 18.6 Å². The zero-order chi connectivity index (χ0) is 19.8. The highest BCUT2D eigenvalue weighted by Crippen LogP contribution is 2.57. The number of fused-ring (bicyclic) bond motifs is 1. The molecule has 3 nitrogen and oxygen atoms in total. The van der Waals surface area contributed by atoms with Crippen molar-refractivity contribution < 1.29 is 9.47 Å². The second-order valence-electron chi connectivity index (χ2n) is 9.58. The van der Waals surface area contributed by atoms with Crippen LogP contribution < -0.4 is 4.98 Å². The fourth-order valence-electron chi connectivity index (χ4n) is 5.32. The smallest absolute Gasteiger partial charge is 0.156 e.